The molecular formula is C17H20N2O. The highest BCUT2D eigenvalue weighted by molar-refractivity contribution is 5.95. The molecule has 0 unspecified atom stereocenters. The highest BCUT2D eigenvalue weighted by Gasteiger charge is 2.16. The quantitative estimate of drug-likeness (QED) is 0.865. The Morgan fingerprint density at radius 1 is 1.15 bits per heavy atom. The van der Waals surface area contributed by atoms with E-state index in [0.29, 0.717) is 13.1 Å². The molecule has 2 aromatic rings. The Morgan fingerprint density at radius 3 is 2.55 bits per heavy atom. The van der Waals surface area contributed by atoms with Crippen molar-refractivity contribution in [2.45, 2.75) is 20.4 Å². The Kier molecular flexibility index (Phi) is 4.41. The van der Waals surface area contributed by atoms with Crippen molar-refractivity contribution in [1.82, 2.24) is 4.90 Å². The van der Waals surface area contributed by atoms with Crippen LogP contribution in [-0.2, 0) is 6.54 Å². The topological polar surface area (TPSA) is 46.3 Å². The van der Waals surface area contributed by atoms with E-state index in [4.69, 9.17) is 5.73 Å². The SMILES string of the molecule is CCN(Cc1cccc(N)c1)C(=O)c1ccccc1C. The molecule has 2 rings (SSSR count). The summed E-state index contributed by atoms with van der Waals surface area (Å²) in [6, 6.07) is 15.3. The molecular weight excluding hydrogens is 248 g/mol. The average molecular weight is 268 g/mol. The maximum absolute atomic E-state index is 12.6. The lowest BCUT2D eigenvalue weighted by molar-refractivity contribution is 0.0752. The van der Waals surface area contributed by atoms with Crippen LogP contribution in [0.15, 0.2) is 48.5 Å². The Hall–Kier alpha value is -2.29. The van der Waals surface area contributed by atoms with Gasteiger partial charge in [-0.25, -0.2) is 0 Å². The van der Waals surface area contributed by atoms with Crippen molar-refractivity contribution >= 4 is 11.6 Å². The van der Waals surface area contributed by atoms with Gasteiger partial charge in [0.1, 0.15) is 0 Å². The zero-order valence-corrected chi connectivity index (χ0v) is 12.0. The largest absolute Gasteiger partial charge is 0.399 e. The second kappa shape index (κ2) is 6.24. The van der Waals surface area contributed by atoms with E-state index in [2.05, 4.69) is 0 Å². The van der Waals surface area contributed by atoms with Gasteiger partial charge in [-0.2, -0.15) is 0 Å². The van der Waals surface area contributed by atoms with Crippen molar-refractivity contribution in [2.75, 3.05) is 12.3 Å². The summed E-state index contributed by atoms with van der Waals surface area (Å²) in [6.07, 6.45) is 0. The molecule has 1 amide bonds. The Labute approximate surface area is 120 Å². The summed E-state index contributed by atoms with van der Waals surface area (Å²) < 4.78 is 0. The summed E-state index contributed by atoms with van der Waals surface area (Å²) in [4.78, 5) is 14.4. The fourth-order valence-corrected chi connectivity index (χ4v) is 2.22. The third-order valence-electron chi connectivity index (χ3n) is 3.37. The van der Waals surface area contributed by atoms with Crippen LogP contribution in [0, 0.1) is 6.92 Å². The molecule has 0 saturated carbocycles. The minimum atomic E-state index is 0.0630. The van der Waals surface area contributed by atoms with Crippen LogP contribution in [0.25, 0.3) is 0 Å². The molecule has 0 saturated heterocycles. The van der Waals surface area contributed by atoms with E-state index < -0.39 is 0 Å². The molecule has 2 aromatic carbocycles. The highest BCUT2D eigenvalue weighted by atomic mass is 16.2. The van der Waals surface area contributed by atoms with E-state index in [1.165, 1.54) is 0 Å². The fourth-order valence-electron chi connectivity index (χ4n) is 2.22. The van der Waals surface area contributed by atoms with E-state index in [-0.39, 0.29) is 5.91 Å². The maximum atomic E-state index is 12.6. The smallest absolute Gasteiger partial charge is 0.254 e. The predicted octanol–water partition coefficient (Wildman–Crippen LogP) is 3.24. The monoisotopic (exact) mass is 268 g/mol. The number of benzene rings is 2. The lowest BCUT2D eigenvalue weighted by atomic mass is 10.1. The number of amides is 1. The van der Waals surface area contributed by atoms with E-state index >= 15 is 0 Å². The molecule has 0 radical (unpaired) electrons. The van der Waals surface area contributed by atoms with Crippen LogP contribution >= 0.6 is 0 Å². The van der Waals surface area contributed by atoms with Crippen LogP contribution in [0.5, 0.6) is 0 Å². The van der Waals surface area contributed by atoms with E-state index in [0.717, 1.165) is 22.4 Å². The lowest BCUT2D eigenvalue weighted by Crippen LogP contribution is -2.30. The van der Waals surface area contributed by atoms with E-state index in [1.54, 1.807) is 0 Å². The Morgan fingerprint density at radius 2 is 1.90 bits per heavy atom. The van der Waals surface area contributed by atoms with Crippen molar-refractivity contribution in [2.24, 2.45) is 0 Å². The molecule has 0 fully saturated rings. The summed E-state index contributed by atoms with van der Waals surface area (Å²) in [7, 11) is 0. The summed E-state index contributed by atoms with van der Waals surface area (Å²) in [5, 5.41) is 0. The summed E-state index contributed by atoms with van der Waals surface area (Å²) in [5.74, 6) is 0.0630. The van der Waals surface area contributed by atoms with Gasteiger partial charge in [-0.1, -0.05) is 30.3 Å². The van der Waals surface area contributed by atoms with Gasteiger partial charge in [0.25, 0.3) is 5.91 Å². The number of carbonyl (C=O) groups is 1. The maximum Gasteiger partial charge on any atom is 0.254 e. The normalized spacial score (nSPS) is 10.3. The number of nitrogens with zero attached hydrogens (tertiary/aromatic N) is 1. The molecule has 0 aliphatic carbocycles. The van der Waals surface area contributed by atoms with Crippen molar-refractivity contribution in [3.05, 3.63) is 65.2 Å². The first-order chi connectivity index (χ1) is 9.61. The second-order valence-electron chi connectivity index (χ2n) is 4.88. The van der Waals surface area contributed by atoms with Gasteiger partial charge in [-0.3, -0.25) is 4.79 Å². The zero-order valence-electron chi connectivity index (χ0n) is 12.0. The molecule has 0 heterocycles. The third kappa shape index (κ3) is 3.18. The van der Waals surface area contributed by atoms with Crippen LogP contribution in [0.1, 0.15) is 28.4 Å². The van der Waals surface area contributed by atoms with Crippen LogP contribution < -0.4 is 5.73 Å². The first kappa shape index (κ1) is 14.1. The number of nitrogens with two attached hydrogens (primary N) is 1. The van der Waals surface area contributed by atoms with Crippen LogP contribution in [0.2, 0.25) is 0 Å². The van der Waals surface area contributed by atoms with Crippen molar-refractivity contribution in [3.8, 4) is 0 Å². The minimum absolute atomic E-state index is 0.0630. The van der Waals surface area contributed by atoms with Crippen LogP contribution in [-0.4, -0.2) is 17.4 Å². The molecule has 0 atom stereocenters. The van der Waals surface area contributed by atoms with Gasteiger partial charge in [0.05, 0.1) is 0 Å². The van der Waals surface area contributed by atoms with Crippen molar-refractivity contribution < 1.29 is 4.79 Å². The fraction of sp³-hybridized carbons (Fsp3) is 0.235. The number of aryl methyl sites for hydroxylation is 1. The molecule has 0 aliphatic rings. The molecule has 0 aliphatic heterocycles. The number of anilines is 1. The number of hydrogen-bond acceptors (Lipinski definition) is 2. The summed E-state index contributed by atoms with van der Waals surface area (Å²) in [5.41, 5.74) is 9.32. The van der Waals surface area contributed by atoms with Gasteiger partial charge in [0.15, 0.2) is 0 Å². The van der Waals surface area contributed by atoms with Gasteiger partial charge in [-0.05, 0) is 43.2 Å². The molecule has 0 spiro atoms. The number of rotatable bonds is 4. The first-order valence-corrected chi connectivity index (χ1v) is 6.81. The summed E-state index contributed by atoms with van der Waals surface area (Å²) >= 11 is 0. The van der Waals surface area contributed by atoms with E-state index in [9.17, 15) is 4.79 Å². The van der Waals surface area contributed by atoms with Crippen molar-refractivity contribution in [3.63, 3.8) is 0 Å². The molecule has 0 bridgehead atoms. The Balaban J connectivity index is 2.20. The second-order valence-corrected chi connectivity index (χ2v) is 4.88. The number of carbonyl (C=O) groups excluding carboxylic acids is 1. The Bertz CT molecular complexity index is 607. The first-order valence-electron chi connectivity index (χ1n) is 6.81. The predicted molar refractivity (Wildman–Crippen MR) is 82.4 cm³/mol. The minimum Gasteiger partial charge on any atom is -0.399 e. The van der Waals surface area contributed by atoms with Gasteiger partial charge in [0, 0.05) is 24.3 Å². The molecule has 0 aromatic heterocycles. The van der Waals surface area contributed by atoms with Crippen molar-refractivity contribution in [1.29, 1.82) is 0 Å². The van der Waals surface area contributed by atoms with E-state index in [1.807, 2.05) is 67.3 Å². The number of hydrogen-bond donors (Lipinski definition) is 1. The van der Waals surface area contributed by atoms with Gasteiger partial charge in [0.2, 0.25) is 0 Å². The highest BCUT2D eigenvalue weighted by Crippen LogP contribution is 2.14. The zero-order chi connectivity index (χ0) is 14.5. The van der Waals surface area contributed by atoms with Gasteiger partial charge in [-0.15, -0.1) is 0 Å². The molecule has 2 N–H and O–H groups in total. The molecule has 104 valence electrons. The van der Waals surface area contributed by atoms with Gasteiger partial charge < -0.3 is 10.6 Å². The standard InChI is InChI=1S/C17H20N2O/c1-3-19(12-14-8-6-9-15(18)11-14)17(20)16-10-5-4-7-13(16)2/h4-11H,3,12,18H2,1-2H3. The molecule has 3 heteroatoms. The lowest BCUT2D eigenvalue weighted by Gasteiger charge is -2.22. The summed E-state index contributed by atoms with van der Waals surface area (Å²) in [6.45, 7) is 5.20. The van der Waals surface area contributed by atoms with Gasteiger partial charge >= 0.3 is 0 Å². The molecule has 3 nitrogen and oxygen atoms in total. The van der Waals surface area contributed by atoms with Crippen LogP contribution in [0.3, 0.4) is 0 Å². The third-order valence-corrected chi connectivity index (χ3v) is 3.37. The number of nitrogen functional groups attached to an aromatic ring is 1. The van der Waals surface area contributed by atoms with Crippen LogP contribution in [0.4, 0.5) is 5.69 Å². The average Bonchev–Trinajstić information content (AvgIpc) is 2.44. The molecule has 20 heavy (non-hydrogen) atoms.